The minimum atomic E-state index is -0.0640. The van der Waals surface area contributed by atoms with Crippen LogP contribution in [-0.4, -0.2) is 11.5 Å². The third kappa shape index (κ3) is 5.96. The first-order valence-corrected chi connectivity index (χ1v) is 16.5. The van der Waals surface area contributed by atoms with Crippen molar-refractivity contribution < 1.29 is 0 Å². The van der Waals surface area contributed by atoms with Crippen LogP contribution in [0.4, 0.5) is 0 Å². The highest BCUT2D eigenvalue weighted by Gasteiger charge is 2.34. The molecule has 2 aliphatic heterocycles. The van der Waals surface area contributed by atoms with E-state index in [1.165, 1.54) is 55.8 Å². The molecule has 1 aliphatic carbocycles. The number of dihydropyridines is 1. The van der Waals surface area contributed by atoms with Gasteiger partial charge in [0.1, 0.15) is 6.17 Å². The lowest BCUT2D eigenvalue weighted by molar-refractivity contribution is 0.376. The van der Waals surface area contributed by atoms with Gasteiger partial charge >= 0.3 is 0 Å². The van der Waals surface area contributed by atoms with E-state index in [-0.39, 0.29) is 12.2 Å². The predicted octanol–water partition coefficient (Wildman–Crippen LogP) is 9.23. The van der Waals surface area contributed by atoms with Crippen LogP contribution in [-0.2, 0) is 0 Å². The highest BCUT2D eigenvalue weighted by atomic mass is 15.2. The lowest BCUT2D eigenvalue weighted by Gasteiger charge is -2.41. The zero-order valence-corrected chi connectivity index (χ0v) is 26.5. The molecule has 0 spiro atoms. The molecule has 0 bridgehead atoms. The molecule has 3 aliphatic rings. The van der Waals surface area contributed by atoms with E-state index in [1.807, 2.05) is 24.5 Å². The number of nitrogens with zero attached hydrogens (tertiary/aromatic N) is 1. The summed E-state index contributed by atoms with van der Waals surface area (Å²) in [5.41, 5.74) is 14.8. The van der Waals surface area contributed by atoms with Gasteiger partial charge in [0.15, 0.2) is 0 Å². The van der Waals surface area contributed by atoms with Gasteiger partial charge in [-0.15, -0.1) is 0 Å². The number of rotatable bonds is 6. The largest absolute Gasteiger partial charge is 0.387 e. The Morgan fingerprint density at radius 1 is 0.681 bits per heavy atom. The molecule has 0 radical (unpaired) electrons. The van der Waals surface area contributed by atoms with E-state index >= 15 is 0 Å². The van der Waals surface area contributed by atoms with Crippen LogP contribution in [0.5, 0.6) is 0 Å². The van der Waals surface area contributed by atoms with Crippen molar-refractivity contribution in [3.05, 3.63) is 185 Å². The van der Waals surface area contributed by atoms with Crippen molar-refractivity contribution in [3.8, 4) is 22.4 Å². The van der Waals surface area contributed by atoms with E-state index in [0.29, 0.717) is 5.92 Å². The number of hydrogen-bond acceptors (Lipinski definition) is 4. The smallest absolute Gasteiger partial charge is 0.104 e. The summed E-state index contributed by atoms with van der Waals surface area (Å²) in [5, 5.41) is 11.4. The lowest BCUT2D eigenvalue weighted by atomic mass is 9.79. The van der Waals surface area contributed by atoms with Crippen molar-refractivity contribution in [3.63, 3.8) is 0 Å². The zero-order valence-electron chi connectivity index (χ0n) is 26.5. The molecule has 4 aromatic carbocycles. The van der Waals surface area contributed by atoms with E-state index in [0.717, 1.165) is 24.2 Å². The maximum Gasteiger partial charge on any atom is 0.104 e. The maximum absolute atomic E-state index is 4.55. The first-order chi connectivity index (χ1) is 23.2. The second-order valence-electron chi connectivity index (χ2n) is 12.6. The normalized spacial score (nSPS) is 20.4. The molecule has 0 amide bonds. The molecule has 3 heterocycles. The maximum atomic E-state index is 4.55. The number of benzene rings is 4. The quantitative estimate of drug-likeness (QED) is 0.179. The van der Waals surface area contributed by atoms with Crippen LogP contribution in [0.2, 0.25) is 0 Å². The summed E-state index contributed by atoms with van der Waals surface area (Å²) in [5.74, 6) is 0.359. The van der Waals surface area contributed by atoms with Crippen LogP contribution in [0.15, 0.2) is 163 Å². The Hall–Kier alpha value is -5.45. The van der Waals surface area contributed by atoms with Crippen molar-refractivity contribution in [2.45, 2.75) is 25.6 Å². The number of aromatic nitrogens is 1. The molecule has 47 heavy (non-hydrogen) atoms. The molecule has 3 unspecified atom stereocenters. The number of allylic oxidation sites excluding steroid dienone is 4. The minimum Gasteiger partial charge on any atom is -0.387 e. The second kappa shape index (κ2) is 12.7. The van der Waals surface area contributed by atoms with Crippen LogP contribution in [0.1, 0.15) is 47.8 Å². The number of nitrogens with one attached hydrogen (secondary N) is 3. The van der Waals surface area contributed by atoms with Gasteiger partial charge in [0, 0.05) is 29.9 Å². The van der Waals surface area contributed by atoms with E-state index in [2.05, 4.69) is 155 Å². The van der Waals surface area contributed by atoms with Crippen LogP contribution in [0, 0.1) is 5.92 Å². The van der Waals surface area contributed by atoms with E-state index in [9.17, 15) is 0 Å². The third-order valence-corrected chi connectivity index (χ3v) is 9.50. The second-order valence-corrected chi connectivity index (χ2v) is 12.6. The molecule has 3 N–H and O–H groups in total. The highest BCUT2D eigenvalue weighted by Crippen LogP contribution is 2.43. The van der Waals surface area contributed by atoms with E-state index in [4.69, 9.17) is 0 Å². The number of hydrogen-bond donors (Lipinski definition) is 3. The Labute approximate surface area is 277 Å². The van der Waals surface area contributed by atoms with E-state index < -0.39 is 0 Å². The van der Waals surface area contributed by atoms with Crippen molar-refractivity contribution in [1.29, 1.82) is 0 Å². The molecule has 4 heteroatoms. The summed E-state index contributed by atoms with van der Waals surface area (Å²) in [6.07, 6.45) is 11.7. The molecule has 5 aromatic rings. The van der Waals surface area contributed by atoms with Gasteiger partial charge in [-0.2, -0.15) is 0 Å². The van der Waals surface area contributed by atoms with Gasteiger partial charge in [0.05, 0.1) is 11.7 Å². The molecular formula is C43H38N4. The SMILES string of the molecule is CC1CC(c2ccccc2)=CC2=C1NC(c1cc(C3=CCNC=C3)cc(-c3ccc(-c4ccccn4)cc3)c1)NC2c1ccccc1. The third-order valence-electron chi connectivity index (χ3n) is 9.50. The first kappa shape index (κ1) is 29.0. The number of pyridine rings is 1. The topological polar surface area (TPSA) is 49.0 Å². The van der Waals surface area contributed by atoms with Gasteiger partial charge in [0.2, 0.25) is 0 Å². The van der Waals surface area contributed by atoms with Crippen molar-refractivity contribution in [2.24, 2.45) is 5.92 Å². The molecule has 1 aromatic heterocycles. The molecular weight excluding hydrogens is 573 g/mol. The Morgan fingerprint density at radius 2 is 1.43 bits per heavy atom. The summed E-state index contributed by atoms with van der Waals surface area (Å²) in [6.45, 7) is 3.18. The Bertz CT molecular complexity index is 2010. The molecule has 8 rings (SSSR count). The van der Waals surface area contributed by atoms with Crippen molar-refractivity contribution >= 4 is 11.1 Å². The summed E-state index contributed by atoms with van der Waals surface area (Å²) < 4.78 is 0. The average molecular weight is 611 g/mol. The van der Waals surface area contributed by atoms with Crippen LogP contribution >= 0.6 is 0 Å². The minimum absolute atomic E-state index is 0.0571. The average Bonchev–Trinajstić information content (AvgIpc) is 3.16. The van der Waals surface area contributed by atoms with Gasteiger partial charge < -0.3 is 10.6 Å². The summed E-state index contributed by atoms with van der Waals surface area (Å²) in [7, 11) is 0. The molecule has 4 nitrogen and oxygen atoms in total. The van der Waals surface area contributed by atoms with Gasteiger partial charge in [0.25, 0.3) is 0 Å². The fourth-order valence-electron chi connectivity index (χ4n) is 7.10. The van der Waals surface area contributed by atoms with Gasteiger partial charge in [-0.1, -0.05) is 110 Å². The molecule has 3 atom stereocenters. The standard InChI is InChI=1S/C43H38N4/c1-29-24-35(30-10-4-2-5-11-30)28-39-41(29)46-43(47-42(39)34-12-6-3-7-13-34)38-26-36(25-37(27-38)32-19-22-44-23-20-32)31-15-17-33(18-16-31)40-14-8-9-21-45-40/h2-22,25-29,42-44,46-47H,23-24H2,1H3. The van der Waals surface area contributed by atoms with Crippen molar-refractivity contribution in [2.75, 3.05) is 6.54 Å². The zero-order chi connectivity index (χ0) is 31.6. The molecule has 0 fully saturated rings. The monoisotopic (exact) mass is 610 g/mol. The Balaban J connectivity index is 1.22. The Morgan fingerprint density at radius 3 is 2.17 bits per heavy atom. The van der Waals surface area contributed by atoms with Gasteiger partial charge in [-0.25, -0.2) is 0 Å². The van der Waals surface area contributed by atoms with Crippen LogP contribution < -0.4 is 16.0 Å². The van der Waals surface area contributed by atoms with Crippen LogP contribution in [0.3, 0.4) is 0 Å². The summed E-state index contributed by atoms with van der Waals surface area (Å²) >= 11 is 0. The summed E-state index contributed by atoms with van der Waals surface area (Å²) in [6, 6.07) is 43.6. The van der Waals surface area contributed by atoms with Crippen molar-refractivity contribution in [1.82, 2.24) is 20.9 Å². The van der Waals surface area contributed by atoms with E-state index in [1.54, 1.807) is 0 Å². The fraction of sp³-hybridized carbons (Fsp3) is 0.140. The summed E-state index contributed by atoms with van der Waals surface area (Å²) in [4.78, 5) is 4.55. The highest BCUT2D eigenvalue weighted by molar-refractivity contribution is 5.80. The molecule has 0 saturated carbocycles. The van der Waals surface area contributed by atoms with Gasteiger partial charge in [-0.05, 0) is 99.1 Å². The molecule has 0 saturated heterocycles. The first-order valence-electron chi connectivity index (χ1n) is 16.5. The predicted molar refractivity (Wildman–Crippen MR) is 194 cm³/mol. The van der Waals surface area contributed by atoms with Crippen LogP contribution in [0.25, 0.3) is 33.5 Å². The fourth-order valence-corrected chi connectivity index (χ4v) is 7.10. The van der Waals surface area contributed by atoms with Gasteiger partial charge in [-0.3, -0.25) is 10.3 Å². The molecule has 230 valence electrons. The Kier molecular flexibility index (Phi) is 7.86. The lowest BCUT2D eigenvalue weighted by Crippen LogP contribution is -2.44.